The normalized spacial score (nSPS) is 16.5. The molecule has 0 bridgehead atoms. The highest BCUT2D eigenvalue weighted by molar-refractivity contribution is 14.0. The Bertz CT molecular complexity index is 415. The first-order valence-corrected chi connectivity index (χ1v) is 7.42. The zero-order valence-corrected chi connectivity index (χ0v) is 15.5. The van der Waals surface area contributed by atoms with Crippen LogP contribution >= 0.6 is 24.0 Å². The highest BCUT2D eigenvalue weighted by atomic mass is 127. The maximum absolute atomic E-state index is 5.51. The van der Waals surface area contributed by atoms with Crippen LogP contribution in [0, 0.1) is 5.92 Å². The van der Waals surface area contributed by atoms with Gasteiger partial charge >= 0.3 is 0 Å². The summed E-state index contributed by atoms with van der Waals surface area (Å²) in [6.07, 6.45) is 4.41. The minimum atomic E-state index is 0. The van der Waals surface area contributed by atoms with E-state index in [2.05, 4.69) is 27.4 Å². The minimum absolute atomic E-state index is 0. The Morgan fingerprint density at radius 1 is 1.43 bits per heavy atom. The maximum atomic E-state index is 5.51. The van der Waals surface area contributed by atoms with Gasteiger partial charge in [-0.2, -0.15) is 0 Å². The van der Waals surface area contributed by atoms with E-state index in [1.807, 2.05) is 26.2 Å². The molecule has 0 saturated heterocycles. The van der Waals surface area contributed by atoms with Gasteiger partial charge in [-0.05, 0) is 51.9 Å². The van der Waals surface area contributed by atoms with Gasteiger partial charge < -0.3 is 15.1 Å². The third-order valence-electron chi connectivity index (χ3n) is 3.52. The third-order valence-corrected chi connectivity index (χ3v) is 3.52. The van der Waals surface area contributed by atoms with Crippen LogP contribution in [0.5, 0.6) is 0 Å². The van der Waals surface area contributed by atoms with Gasteiger partial charge in [-0.3, -0.25) is 9.89 Å². The second kappa shape index (κ2) is 9.30. The van der Waals surface area contributed by atoms with E-state index in [4.69, 9.17) is 4.42 Å². The lowest BCUT2D eigenvalue weighted by Crippen LogP contribution is -2.39. The predicted octanol–water partition coefficient (Wildman–Crippen LogP) is 2.47. The summed E-state index contributed by atoms with van der Waals surface area (Å²) in [5.41, 5.74) is 0. The van der Waals surface area contributed by atoms with Crippen molar-refractivity contribution in [2.75, 3.05) is 33.7 Å². The number of nitrogens with one attached hydrogen (secondary N) is 2. The van der Waals surface area contributed by atoms with E-state index >= 15 is 0 Å². The van der Waals surface area contributed by atoms with E-state index in [0.29, 0.717) is 6.54 Å². The lowest BCUT2D eigenvalue weighted by Gasteiger charge is -2.21. The van der Waals surface area contributed by atoms with Gasteiger partial charge in [-0.25, -0.2) is 0 Å². The Balaban J connectivity index is 0.00000220. The van der Waals surface area contributed by atoms with Gasteiger partial charge in [0.1, 0.15) is 5.76 Å². The van der Waals surface area contributed by atoms with Crippen LogP contribution < -0.4 is 10.6 Å². The van der Waals surface area contributed by atoms with E-state index in [0.717, 1.165) is 30.7 Å². The molecule has 2 rings (SSSR count). The van der Waals surface area contributed by atoms with Crippen LogP contribution in [0.25, 0.3) is 0 Å². The zero-order chi connectivity index (χ0) is 14.4. The molecule has 1 aliphatic rings. The molecule has 1 atom stereocenters. The lowest BCUT2D eigenvalue weighted by molar-refractivity contribution is 0.265. The summed E-state index contributed by atoms with van der Waals surface area (Å²) in [6, 6.07) is 4.10. The predicted molar refractivity (Wildman–Crippen MR) is 97.3 cm³/mol. The Labute approximate surface area is 144 Å². The van der Waals surface area contributed by atoms with Crippen molar-refractivity contribution in [1.29, 1.82) is 0 Å². The number of likely N-dealkylation sites (N-methyl/N-ethyl adjacent to an activating group) is 1. The first-order chi connectivity index (χ1) is 9.70. The average molecular weight is 406 g/mol. The monoisotopic (exact) mass is 406 g/mol. The van der Waals surface area contributed by atoms with E-state index in [1.165, 1.54) is 12.8 Å². The fourth-order valence-electron chi connectivity index (χ4n) is 2.07. The van der Waals surface area contributed by atoms with E-state index in [-0.39, 0.29) is 30.0 Å². The Morgan fingerprint density at radius 3 is 2.71 bits per heavy atom. The SMILES string of the molecule is CCNC(=NCC(c1ccco1)N(C)C)NCC1CC1.I. The molecule has 5 nitrogen and oxygen atoms in total. The van der Waals surface area contributed by atoms with Crippen molar-refractivity contribution >= 4 is 29.9 Å². The molecule has 1 unspecified atom stereocenters. The summed E-state index contributed by atoms with van der Waals surface area (Å²) in [4.78, 5) is 6.82. The number of hydrogen-bond acceptors (Lipinski definition) is 3. The molecule has 0 spiro atoms. The third kappa shape index (κ3) is 6.25. The molecule has 6 heteroatoms. The Kier molecular flexibility index (Phi) is 8.10. The number of guanidine groups is 1. The molecular weight excluding hydrogens is 379 g/mol. The van der Waals surface area contributed by atoms with E-state index in [9.17, 15) is 0 Å². The summed E-state index contributed by atoms with van der Waals surface area (Å²) in [5.74, 6) is 2.70. The van der Waals surface area contributed by atoms with Crippen molar-refractivity contribution in [3.05, 3.63) is 24.2 Å². The molecule has 1 aliphatic carbocycles. The second-order valence-electron chi connectivity index (χ2n) is 5.54. The van der Waals surface area contributed by atoms with Gasteiger partial charge in [0.2, 0.25) is 0 Å². The molecule has 0 aromatic carbocycles. The van der Waals surface area contributed by atoms with Crippen LogP contribution in [0.3, 0.4) is 0 Å². The number of halogens is 1. The summed E-state index contributed by atoms with van der Waals surface area (Å²) < 4.78 is 5.51. The van der Waals surface area contributed by atoms with Crippen LogP contribution in [0.2, 0.25) is 0 Å². The molecule has 0 amide bonds. The zero-order valence-electron chi connectivity index (χ0n) is 13.1. The van der Waals surface area contributed by atoms with Crippen molar-refractivity contribution in [3.63, 3.8) is 0 Å². The second-order valence-corrected chi connectivity index (χ2v) is 5.54. The quantitative estimate of drug-likeness (QED) is 0.415. The molecule has 1 saturated carbocycles. The molecule has 120 valence electrons. The van der Waals surface area contributed by atoms with Crippen LogP contribution in [0.1, 0.15) is 31.6 Å². The van der Waals surface area contributed by atoms with Crippen LogP contribution in [-0.4, -0.2) is 44.6 Å². The standard InChI is InChI=1S/C15H26N4O.HI/c1-4-16-15(17-10-12-7-8-12)18-11-13(19(2)3)14-6-5-9-20-14;/h5-6,9,12-13H,4,7-8,10-11H2,1-3H3,(H2,16,17,18);1H. The first-order valence-electron chi connectivity index (χ1n) is 7.42. The number of furan rings is 1. The van der Waals surface area contributed by atoms with Crippen LogP contribution in [0.4, 0.5) is 0 Å². The van der Waals surface area contributed by atoms with Crippen molar-refractivity contribution in [2.45, 2.75) is 25.8 Å². The Hall–Kier alpha value is -0.760. The lowest BCUT2D eigenvalue weighted by atomic mass is 10.2. The largest absolute Gasteiger partial charge is 0.468 e. The van der Waals surface area contributed by atoms with Gasteiger partial charge in [0, 0.05) is 13.1 Å². The number of rotatable bonds is 7. The summed E-state index contributed by atoms with van der Waals surface area (Å²) in [5, 5.41) is 6.71. The smallest absolute Gasteiger partial charge is 0.191 e. The molecule has 1 heterocycles. The van der Waals surface area contributed by atoms with Crippen molar-refractivity contribution in [2.24, 2.45) is 10.9 Å². The number of nitrogens with zero attached hydrogens (tertiary/aromatic N) is 2. The van der Waals surface area contributed by atoms with Crippen molar-refractivity contribution < 1.29 is 4.42 Å². The van der Waals surface area contributed by atoms with Gasteiger partial charge in [0.05, 0.1) is 18.8 Å². The van der Waals surface area contributed by atoms with Crippen LogP contribution in [0.15, 0.2) is 27.8 Å². The van der Waals surface area contributed by atoms with Crippen molar-refractivity contribution in [1.82, 2.24) is 15.5 Å². The molecule has 0 aliphatic heterocycles. The molecule has 21 heavy (non-hydrogen) atoms. The summed E-state index contributed by atoms with van der Waals surface area (Å²) in [6.45, 7) is 4.67. The average Bonchev–Trinajstić information content (AvgIpc) is 3.10. The molecule has 0 radical (unpaired) electrons. The van der Waals surface area contributed by atoms with Gasteiger partial charge in [-0.1, -0.05) is 0 Å². The number of aliphatic imine (C=N–C) groups is 1. The Morgan fingerprint density at radius 2 is 2.19 bits per heavy atom. The molecule has 1 aromatic rings. The molecule has 2 N–H and O–H groups in total. The molecular formula is C15H27IN4O. The highest BCUT2D eigenvalue weighted by Gasteiger charge is 2.21. The first kappa shape index (κ1) is 18.3. The van der Waals surface area contributed by atoms with Gasteiger partial charge in [0.25, 0.3) is 0 Å². The topological polar surface area (TPSA) is 52.8 Å². The summed E-state index contributed by atoms with van der Waals surface area (Å²) >= 11 is 0. The molecule has 1 aromatic heterocycles. The fourth-order valence-corrected chi connectivity index (χ4v) is 2.07. The van der Waals surface area contributed by atoms with Crippen molar-refractivity contribution in [3.8, 4) is 0 Å². The van der Waals surface area contributed by atoms with E-state index < -0.39 is 0 Å². The summed E-state index contributed by atoms with van der Waals surface area (Å²) in [7, 11) is 4.10. The molecule has 1 fully saturated rings. The van der Waals surface area contributed by atoms with E-state index in [1.54, 1.807) is 6.26 Å². The maximum Gasteiger partial charge on any atom is 0.191 e. The van der Waals surface area contributed by atoms with Gasteiger partial charge in [-0.15, -0.1) is 24.0 Å². The van der Waals surface area contributed by atoms with Gasteiger partial charge in [0.15, 0.2) is 5.96 Å². The number of hydrogen-bond donors (Lipinski definition) is 2. The van der Waals surface area contributed by atoms with Crippen LogP contribution in [-0.2, 0) is 0 Å². The minimum Gasteiger partial charge on any atom is -0.468 e. The highest BCUT2D eigenvalue weighted by Crippen LogP contribution is 2.27. The fraction of sp³-hybridized carbons (Fsp3) is 0.667.